The number of nitrogens with one attached hydrogen (secondary N) is 2. The number of sulfonamides is 1. The van der Waals surface area contributed by atoms with E-state index in [1.165, 1.54) is 0 Å². The van der Waals surface area contributed by atoms with Crippen molar-refractivity contribution in [2.75, 3.05) is 6.54 Å². The van der Waals surface area contributed by atoms with Crippen molar-refractivity contribution >= 4 is 21.6 Å². The molecule has 2 aromatic rings. The number of benzene rings is 1. The second-order valence-corrected chi connectivity index (χ2v) is 6.36. The van der Waals surface area contributed by atoms with E-state index in [1.54, 1.807) is 12.4 Å². The van der Waals surface area contributed by atoms with Crippen LogP contribution in [-0.4, -0.2) is 30.0 Å². The van der Waals surface area contributed by atoms with E-state index in [4.69, 9.17) is 16.7 Å². The molecule has 0 amide bonds. The van der Waals surface area contributed by atoms with E-state index < -0.39 is 22.4 Å². The molecule has 0 saturated carbocycles. The molecule has 6 nitrogen and oxygen atoms in total. The Bertz CT molecular complexity index is 720. The summed E-state index contributed by atoms with van der Waals surface area (Å²) in [5.74, 6) is -0.259. The molecule has 2 rings (SSSR count). The van der Waals surface area contributed by atoms with Crippen LogP contribution in [0.25, 0.3) is 0 Å². The number of H-pyrrole nitrogens is 1. The summed E-state index contributed by atoms with van der Waals surface area (Å²) in [6.07, 6.45) is 3.56. The van der Waals surface area contributed by atoms with E-state index in [-0.39, 0.29) is 22.0 Å². The van der Waals surface area contributed by atoms with Crippen LogP contribution < -0.4 is 4.72 Å². The maximum Gasteiger partial charge on any atom is 0.240 e. The van der Waals surface area contributed by atoms with Gasteiger partial charge in [0.2, 0.25) is 10.0 Å². The van der Waals surface area contributed by atoms with Crippen molar-refractivity contribution in [3.8, 4) is 0 Å². The Labute approximate surface area is 126 Å². The fraction of sp³-hybridized carbons (Fsp3) is 0.250. The van der Waals surface area contributed by atoms with E-state index in [0.717, 1.165) is 12.1 Å². The van der Waals surface area contributed by atoms with Gasteiger partial charge < -0.3 is 10.1 Å². The number of aliphatic hydroxyl groups is 1. The molecule has 3 N–H and O–H groups in total. The van der Waals surface area contributed by atoms with Crippen LogP contribution >= 0.6 is 11.6 Å². The summed E-state index contributed by atoms with van der Waals surface area (Å²) in [5, 5.41) is 8.77. The zero-order valence-electron chi connectivity index (χ0n) is 10.8. The monoisotopic (exact) mass is 333 g/mol. The van der Waals surface area contributed by atoms with Gasteiger partial charge in [0.15, 0.2) is 0 Å². The normalized spacial score (nSPS) is 11.8. The SMILES string of the molecule is O=S(=O)(NCCc1ncc[nH]1)c1cc(F)c(Cl)c(CO)c1. The Hall–Kier alpha value is -1.48. The molecule has 1 heterocycles. The minimum absolute atomic E-state index is 0.0167. The van der Waals surface area contributed by atoms with Gasteiger partial charge in [-0.2, -0.15) is 0 Å². The summed E-state index contributed by atoms with van der Waals surface area (Å²) in [7, 11) is -3.89. The number of aromatic nitrogens is 2. The van der Waals surface area contributed by atoms with E-state index in [9.17, 15) is 12.8 Å². The quantitative estimate of drug-likeness (QED) is 0.740. The van der Waals surface area contributed by atoms with Gasteiger partial charge in [-0.1, -0.05) is 11.6 Å². The highest BCUT2D eigenvalue weighted by molar-refractivity contribution is 7.89. The van der Waals surface area contributed by atoms with Crippen LogP contribution in [0.4, 0.5) is 4.39 Å². The van der Waals surface area contributed by atoms with E-state index in [1.807, 2.05) is 0 Å². The first kappa shape index (κ1) is 15.9. The number of rotatable bonds is 6. The molecule has 0 fully saturated rings. The molecule has 1 aromatic carbocycles. The summed E-state index contributed by atoms with van der Waals surface area (Å²) >= 11 is 5.62. The Morgan fingerprint density at radius 1 is 1.43 bits per heavy atom. The smallest absolute Gasteiger partial charge is 0.240 e. The predicted molar refractivity (Wildman–Crippen MR) is 74.8 cm³/mol. The minimum Gasteiger partial charge on any atom is -0.392 e. The Kier molecular flexibility index (Phi) is 4.94. The van der Waals surface area contributed by atoms with Crippen molar-refractivity contribution in [1.29, 1.82) is 0 Å². The lowest BCUT2D eigenvalue weighted by molar-refractivity contribution is 0.281. The molecule has 0 aliphatic rings. The summed E-state index contributed by atoms with van der Waals surface area (Å²) in [6.45, 7) is -0.444. The lowest BCUT2D eigenvalue weighted by Gasteiger charge is -2.09. The molecule has 0 aliphatic carbocycles. The first-order chi connectivity index (χ1) is 9.94. The van der Waals surface area contributed by atoms with Crippen LogP contribution in [0.1, 0.15) is 11.4 Å². The molecule has 1 aromatic heterocycles. The number of imidazole rings is 1. The second kappa shape index (κ2) is 6.52. The second-order valence-electron chi connectivity index (χ2n) is 4.22. The van der Waals surface area contributed by atoms with Crippen LogP contribution in [0.15, 0.2) is 29.4 Å². The molecule has 0 atom stereocenters. The number of nitrogens with zero attached hydrogens (tertiary/aromatic N) is 1. The minimum atomic E-state index is -3.89. The highest BCUT2D eigenvalue weighted by atomic mass is 35.5. The van der Waals surface area contributed by atoms with Gasteiger partial charge in [-0.3, -0.25) is 0 Å². The maximum absolute atomic E-state index is 13.6. The van der Waals surface area contributed by atoms with Gasteiger partial charge in [-0.15, -0.1) is 0 Å². The average Bonchev–Trinajstić information content (AvgIpc) is 2.94. The largest absolute Gasteiger partial charge is 0.392 e. The zero-order chi connectivity index (χ0) is 15.5. The fourth-order valence-corrected chi connectivity index (χ4v) is 2.97. The molecule has 0 saturated heterocycles. The number of aromatic amines is 1. The van der Waals surface area contributed by atoms with Gasteiger partial charge in [-0.05, 0) is 12.1 Å². The molecular weight excluding hydrogens is 321 g/mol. The van der Waals surface area contributed by atoms with E-state index in [2.05, 4.69) is 14.7 Å². The van der Waals surface area contributed by atoms with Gasteiger partial charge in [0.25, 0.3) is 0 Å². The summed E-state index contributed by atoms with van der Waals surface area (Å²) < 4.78 is 40.0. The van der Waals surface area contributed by atoms with Crippen LogP contribution in [0.2, 0.25) is 5.02 Å². The van der Waals surface area contributed by atoms with Crippen LogP contribution in [0, 0.1) is 5.82 Å². The summed E-state index contributed by atoms with van der Waals surface area (Å²) in [6, 6.07) is 1.96. The third-order valence-corrected chi connectivity index (χ3v) is 4.63. The number of halogens is 2. The van der Waals surface area contributed by atoms with Crippen molar-refractivity contribution in [1.82, 2.24) is 14.7 Å². The van der Waals surface area contributed by atoms with Crippen molar-refractivity contribution in [3.63, 3.8) is 0 Å². The standard InChI is InChI=1S/C12H13ClFN3O3S/c13-12-8(7-18)5-9(6-10(12)14)21(19,20)17-2-1-11-15-3-4-16-11/h3-6,17-18H,1-2,7H2,(H,15,16). The fourth-order valence-electron chi connectivity index (χ4n) is 1.71. The highest BCUT2D eigenvalue weighted by Gasteiger charge is 2.18. The predicted octanol–water partition coefficient (Wildman–Crippen LogP) is 1.22. The molecule has 21 heavy (non-hydrogen) atoms. The molecular formula is C12H13ClFN3O3S. The van der Waals surface area contributed by atoms with Crippen molar-refractivity contribution in [2.24, 2.45) is 0 Å². The lowest BCUT2D eigenvalue weighted by Crippen LogP contribution is -2.26. The van der Waals surface area contributed by atoms with Crippen LogP contribution in [0.5, 0.6) is 0 Å². The topological polar surface area (TPSA) is 95.1 Å². The number of hydrogen-bond donors (Lipinski definition) is 3. The maximum atomic E-state index is 13.6. The summed E-state index contributed by atoms with van der Waals surface area (Å²) in [4.78, 5) is 6.52. The molecule has 0 aliphatic heterocycles. The molecule has 114 valence electrons. The number of aliphatic hydroxyl groups excluding tert-OH is 1. The Morgan fingerprint density at radius 3 is 2.81 bits per heavy atom. The van der Waals surface area contributed by atoms with Gasteiger partial charge in [0.05, 0.1) is 16.5 Å². The number of hydrogen-bond acceptors (Lipinski definition) is 4. The van der Waals surface area contributed by atoms with Gasteiger partial charge in [-0.25, -0.2) is 22.5 Å². The third kappa shape index (κ3) is 3.79. The van der Waals surface area contributed by atoms with E-state index in [0.29, 0.717) is 12.2 Å². The van der Waals surface area contributed by atoms with Gasteiger partial charge >= 0.3 is 0 Å². The highest BCUT2D eigenvalue weighted by Crippen LogP contribution is 2.24. The molecule has 0 radical (unpaired) electrons. The molecule has 9 heteroatoms. The van der Waals surface area contributed by atoms with Crippen molar-refractivity contribution < 1.29 is 17.9 Å². The lowest BCUT2D eigenvalue weighted by atomic mass is 10.2. The van der Waals surface area contributed by atoms with Crippen LogP contribution in [-0.2, 0) is 23.1 Å². The third-order valence-electron chi connectivity index (χ3n) is 2.77. The first-order valence-electron chi connectivity index (χ1n) is 6.00. The molecule has 0 spiro atoms. The Morgan fingerprint density at radius 2 is 2.19 bits per heavy atom. The van der Waals surface area contributed by atoms with Crippen molar-refractivity contribution in [2.45, 2.75) is 17.9 Å². The van der Waals surface area contributed by atoms with Crippen LogP contribution in [0.3, 0.4) is 0 Å². The first-order valence-corrected chi connectivity index (χ1v) is 7.87. The molecule has 0 unspecified atom stereocenters. The summed E-state index contributed by atoms with van der Waals surface area (Å²) in [5.41, 5.74) is 0.0167. The molecule has 0 bridgehead atoms. The van der Waals surface area contributed by atoms with Crippen molar-refractivity contribution in [3.05, 3.63) is 46.8 Å². The van der Waals surface area contributed by atoms with Gasteiger partial charge in [0.1, 0.15) is 11.6 Å². The zero-order valence-corrected chi connectivity index (χ0v) is 12.4. The Balaban J connectivity index is 2.13. The van der Waals surface area contributed by atoms with E-state index >= 15 is 0 Å². The van der Waals surface area contributed by atoms with Gasteiger partial charge in [0, 0.05) is 30.9 Å². The average molecular weight is 334 g/mol.